The quantitative estimate of drug-likeness (QED) is 0.478. The second kappa shape index (κ2) is 8.70. The molecule has 30 heavy (non-hydrogen) atoms. The van der Waals surface area contributed by atoms with Crippen LogP contribution in [0.4, 0.5) is 13.2 Å². The molecule has 1 aromatic carbocycles. The van der Waals surface area contributed by atoms with Crippen molar-refractivity contribution in [3.63, 3.8) is 0 Å². The minimum atomic E-state index is -4.34. The number of benzene rings is 1. The zero-order valence-electron chi connectivity index (χ0n) is 17.4. The summed E-state index contributed by atoms with van der Waals surface area (Å²) in [5.41, 5.74) is 1.53. The van der Waals surface area contributed by atoms with Crippen LogP contribution < -0.4 is 0 Å². The Labute approximate surface area is 176 Å². The van der Waals surface area contributed by atoms with Gasteiger partial charge in [0.25, 0.3) is 0 Å². The monoisotopic (exact) mass is 417 g/mol. The van der Waals surface area contributed by atoms with Crippen molar-refractivity contribution in [3.8, 4) is 0 Å². The summed E-state index contributed by atoms with van der Waals surface area (Å²) in [6.45, 7) is 0.798. The predicted molar refractivity (Wildman–Crippen MR) is 111 cm³/mol. The number of hydrogen-bond donors (Lipinski definition) is 0. The van der Waals surface area contributed by atoms with Crippen molar-refractivity contribution in [1.82, 2.24) is 4.98 Å². The number of unbranched alkanes of at least 4 members (excludes halogenated alkanes) is 1. The van der Waals surface area contributed by atoms with Gasteiger partial charge in [-0.2, -0.15) is 13.2 Å². The smallest absolute Gasteiger partial charge is 0.375 e. The lowest BCUT2D eigenvalue weighted by Gasteiger charge is -2.47. The van der Waals surface area contributed by atoms with Crippen LogP contribution in [0.2, 0.25) is 0 Å². The first-order chi connectivity index (χ1) is 14.4. The van der Waals surface area contributed by atoms with Crippen molar-refractivity contribution in [3.05, 3.63) is 65.5 Å². The first kappa shape index (κ1) is 21.4. The Hall–Kier alpha value is -1.88. The van der Waals surface area contributed by atoms with Crippen molar-refractivity contribution in [2.24, 2.45) is 0 Å². The lowest BCUT2D eigenvalue weighted by molar-refractivity contribution is -0.137. The van der Waals surface area contributed by atoms with Crippen LogP contribution in [-0.4, -0.2) is 17.2 Å². The van der Waals surface area contributed by atoms with Gasteiger partial charge in [0, 0.05) is 24.4 Å². The Balaban J connectivity index is 1.43. The number of pyridine rings is 1. The van der Waals surface area contributed by atoms with E-state index < -0.39 is 11.7 Å². The molecule has 0 bridgehead atoms. The molecule has 0 amide bonds. The lowest BCUT2D eigenvalue weighted by Crippen LogP contribution is -2.46. The average Bonchev–Trinajstić information content (AvgIpc) is 3.19. The van der Waals surface area contributed by atoms with E-state index in [0.717, 1.165) is 57.7 Å². The van der Waals surface area contributed by atoms with Crippen LogP contribution in [-0.2, 0) is 22.7 Å². The Morgan fingerprint density at radius 1 is 0.967 bits per heavy atom. The van der Waals surface area contributed by atoms with E-state index in [9.17, 15) is 13.2 Å². The number of alkyl halides is 3. The van der Waals surface area contributed by atoms with Gasteiger partial charge in [-0.1, -0.05) is 49.6 Å². The molecule has 1 aromatic heterocycles. The summed E-state index contributed by atoms with van der Waals surface area (Å²) in [6.07, 6.45) is 8.53. The van der Waals surface area contributed by atoms with Gasteiger partial charge >= 0.3 is 6.18 Å². The molecule has 4 rings (SSSR count). The van der Waals surface area contributed by atoms with Crippen LogP contribution >= 0.6 is 0 Å². The van der Waals surface area contributed by atoms with E-state index in [1.807, 2.05) is 0 Å². The highest BCUT2D eigenvalue weighted by Crippen LogP contribution is 2.50. The average molecular weight is 418 g/mol. The van der Waals surface area contributed by atoms with Crippen LogP contribution in [0.1, 0.15) is 74.5 Å². The summed E-state index contributed by atoms with van der Waals surface area (Å²) in [7, 11) is 0. The number of hydrogen-bond acceptors (Lipinski definition) is 2. The minimum Gasteiger partial charge on any atom is -0.375 e. The molecule has 2 fully saturated rings. The second-order valence-corrected chi connectivity index (χ2v) is 9.10. The molecule has 2 nitrogen and oxygen atoms in total. The molecule has 1 spiro atoms. The molecule has 2 aromatic rings. The Bertz CT molecular complexity index is 830. The molecular formula is C25H30F3NO. The van der Waals surface area contributed by atoms with Crippen molar-refractivity contribution in [2.45, 2.75) is 81.4 Å². The SMILES string of the molecule is FC(F)(F)c1cncc(CCCC[C@@]2(c3ccccc3)CCOC3(CCCC3)C2)c1. The van der Waals surface area contributed by atoms with Gasteiger partial charge in [-0.25, -0.2) is 0 Å². The minimum absolute atomic E-state index is 0.0268. The summed E-state index contributed by atoms with van der Waals surface area (Å²) in [4.78, 5) is 3.79. The number of ether oxygens (including phenoxy) is 1. The van der Waals surface area contributed by atoms with Gasteiger partial charge in [0.05, 0.1) is 11.2 Å². The largest absolute Gasteiger partial charge is 0.417 e. The molecule has 2 aliphatic rings. The first-order valence-electron chi connectivity index (χ1n) is 11.1. The van der Waals surface area contributed by atoms with Gasteiger partial charge < -0.3 is 4.74 Å². The Kier molecular flexibility index (Phi) is 6.19. The third kappa shape index (κ3) is 4.72. The number of aromatic nitrogens is 1. The van der Waals surface area contributed by atoms with Crippen molar-refractivity contribution < 1.29 is 17.9 Å². The zero-order chi connectivity index (χ0) is 21.1. The maximum atomic E-state index is 12.9. The summed E-state index contributed by atoms with van der Waals surface area (Å²) in [5.74, 6) is 0. The Morgan fingerprint density at radius 2 is 1.73 bits per heavy atom. The number of aryl methyl sites for hydroxylation is 1. The fourth-order valence-electron chi connectivity index (χ4n) is 5.53. The predicted octanol–water partition coefficient (Wildman–Crippen LogP) is 6.87. The summed E-state index contributed by atoms with van der Waals surface area (Å²) >= 11 is 0. The highest BCUT2D eigenvalue weighted by Gasteiger charge is 2.47. The summed E-state index contributed by atoms with van der Waals surface area (Å²) in [6, 6.07) is 12.0. The van der Waals surface area contributed by atoms with E-state index >= 15 is 0 Å². The van der Waals surface area contributed by atoms with Crippen LogP contribution in [0.3, 0.4) is 0 Å². The van der Waals surface area contributed by atoms with E-state index in [2.05, 4.69) is 35.3 Å². The topological polar surface area (TPSA) is 22.1 Å². The maximum Gasteiger partial charge on any atom is 0.417 e. The first-order valence-corrected chi connectivity index (χ1v) is 11.1. The van der Waals surface area contributed by atoms with E-state index in [1.54, 1.807) is 6.20 Å². The molecule has 1 aliphatic carbocycles. The molecule has 1 atom stereocenters. The van der Waals surface area contributed by atoms with Crippen LogP contribution in [0.5, 0.6) is 0 Å². The van der Waals surface area contributed by atoms with E-state index in [1.165, 1.54) is 24.5 Å². The molecule has 0 radical (unpaired) electrons. The zero-order valence-corrected chi connectivity index (χ0v) is 17.4. The van der Waals surface area contributed by atoms with Gasteiger partial charge in [-0.3, -0.25) is 4.98 Å². The molecule has 1 aliphatic heterocycles. The van der Waals surface area contributed by atoms with Gasteiger partial charge in [-0.05, 0) is 62.1 Å². The van der Waals surface area contributed by atoms with Crippen LogP contribution in [0, 0.1) is 0 Å². The summed E-state index contributed by atoms with van der Waals surface area (Å²) < 4.78 is 45.1. The van der Waals surface area contributed by atoms with E-state index in [-0.39, 0.29) is 11.0 Å². The highest BCUT2D eigenvalue weighted by atomic mass is 19.4. The third-order valence-corrected chi connectivity index (χ3v) is 7.04. The molecule has 0 N–H and O–H groups in total. The van der Waals surface area contributed by atoms with Gasteiger partial charge in [0.1, 0.15) is 0 Å². The number of halogens is 3. The van der Waals surface area contributed by atoms with Crippen LogP contribution in [0.15, 0.2) is 48.8 Å². The highest BCUT2D eigenvalue weighted by molar-refractivity contribution is 5.27. The standard InChI is InChI=1S/C25H30F3NO/c26-25(27,28)22-16-20(17-29-18-22)8-4-5-11-23(21-9-2-1-3-10-21)14-15-30-24(19-23)12-6-7-13-24/h1-3,9-10,16-18H,4-8,11-15,19H2/t23-/m1/s1. The van der Waals surface area contributed by atoms with E-state index in [0.29, 0.717) is 12.0 Å². The molecule has 5 heteroatoms. The van der Waals surface area contributed by atoms with Gasteiger partial charge in [0.2, 0.25) is 0 Å². The van der Waals surface area contributed by atoms with E-state index in [4.69, 9.17) is 4.74 Å². The maximum absolute atomic E-state index is 12.9. The lowest BCUT2D eigenvalue weighted by atomic mass is 9.65. The molecule has 1 saturated carbocycles. The number of nitrogens with zero attached hydrogens (tertiary/aromatic N) is 1. The van der Waals surface area contributed by atoms with Gasteiger partial charge in [0.15, 0.2) is 0 Å². The normalized spacial score (nSPS) is 23.7. The molecule has 1 saturated heterocycles. The molecule has 162 valence electrons. The fourth-order valence-corrected chi connectivity index (χ4v) is 5.53. The van der Waals surface area contributed by atoms with Crippen molar-refractivity contribution >= 4 is 0 Å². The second-order valence-electron chi connectivity index (χ2n) is 9.10. The fraction of sp³-hybridized carbons (Fsp3) is 0.560. The third-order valence-electron chi connectivity index (χ3n) is 7.04. The molecule has 0 unspecified atom stereocenters. The molecule has 2 heterocycles. The van der Waals surface area contributed by atoms with Crippen LogP contribution in [0.25, 0.3) is 0 Å². The van der Waals surface area contributed by atoms with Crippen molar-refractivity contribution in [1.29, 1.82) is 0 Å². The Morgan fingerprint density at radius 3 is 2.47 bits per heavy atom. The number of rotatable bonds is 6. The molecular weight excluding hydrogens is 387 g/mol. The van der Waals surface area contributed by atoms with Gasteiger partial charge in [-0.15, -0.1) is 0 Å². The summed E-state index contributed by atoms with van der Waals surface area (Å²) in [5, 5.41) is 0. The van der Waals surface area contributed by atoms with Crippen molar-refractivity contribution in [2.75, 3.05) is 6.61 Å².